The molecule has 0 amide bonds. The van der Waals surface area contributed by atoms with Crippen molar-refractivity contribution in [1.29, 1.82) is 0 Å². The second-order valence-corrected chi connectivity index (χ2v) is 6.11. The van der Waals surface area contributed by atoms with Crippen LogP contribution in [-0.2, 0) is 0 Å². The van der Waals surface area contributed by atoms with E-state index in [0.29, 0.717) is 5.38 Å². The second-order valence-electron chi connectivity index (χ2n) is 3.85. The van der Waals surface area contributed by atoms with E-state index in [9.17, 15) is 0 Å². The number of halogens is 3. The summed E-state index contributed by atoms with van der Waals surface area (Å²) in [5.41, 5.74) is 0. The van der Waals surface area contributed by atoms with Crippen molar-refractivity contribution in [3.05, 3.63) is 0 Å². The molecule has 3 heteroatoms. The monoisotopic (exact) mass is 212 g/mol. The third-order valence-corrected chi connectivity index (χ3v) is 3.88. The summed E-state index contributed by atoms with van der Waals surface area (Å²) >= 11 is 17.7. The number of hydrogen-bond acceptors (Lipinski definition) is 0. The molecule has 0 bridgehead atoms. The highest BCUT2D eigenvalue weighted by Gasteiger charge is 2.47. The van der Waals surface area contributed by atoms with Gasteiger partial charge in [-0.3, -0.25) is 0 Å². The normalized spacial score (nSPS) is 42.8. The van der Waals surface area contributed by atoms with Gasteiger partial charge in [-0.25, -0.2) is 0 Å². The van der Waals surface area contributed by atoms with E-state index in [2.05, 4.69) is 0 Å². The number of hydrogen-bond donors (Lipinski definition) is 0. The molecule has 0 unspecified atom stereocenters. The third kappa shape index (κ3) is 1.64. The first-order chi connectivity index (χ1) is 5.07. The Labute approximate surface area is 82.2 Å². The van der Waals surface area contributed by atoms with Gasteiger partial charge in [-0.15, -0.1) is 34.8 Å². The maximum Gasteiger partial charge on any atom is 0.118 e. The Bertz CT molecular complexity index is 153. The van der Waals surface area contributed by atoms with Gasteiger partial charge >= 0.3 is 0 Å². The van der Waals surface area contributed by atoms with Gasteiger partial charge < -0.3 is 0 Å². The Balaban J connectivity index is 1.76. The molecule has 0 heterocycles. The van der Waals surface area contributed by atoms with Crippen molar-refractivity contribution in [3.8, 4) is 0 Å². The fraction of sp³-hybridized carbons (Fsp3) is 1.00. The number of rotatable bonds is 1. The minimum absolute atomic E-state index is 0.401. The Morgan fingerprint density at radius 2 is 1.55 bits per heavy atom. The first-order valence-electron chi connectivity index (χ1n) is 4.09. The van der Waals surface area contributed by atoms with Crippen molar-refractivity contribution in [1.82, 2.24) is 0 Å². The van der Waals surface area contributed by atoms with Crippen molar-refractivity contribution in [3.63, 3.8) is 0 Å². The van der Waals surface area contributed by atoms with Crippen LogP contribution in [0, 0.1) is 11.8 Å². The molecule has 64 valence electrons. The van der Waals surface area contributed by atoms with Crippen molar-refractivity contribution in [2.24, 2.45) is 11.8 Å². The van der Waals surface area contributed by atoms with E-state index in [0.717, 1.165) is 24.7 Å². The van der Waals surface area contributed by atoms with E-state index in [-0.39, 0.29) is 0 Å². The predicted octanol–water partition coefficient (Wildman–Crippen LogP) is 3.59. The minimum atomic E-state index is -0.401. The molecule has 2 fully saturated rings. The average Bonchev–Trinajstić information content (AvgIpc) is 1.75. The van der Waals surface area contributed by atoms with Crippen LogP contribution in [0.5, 0.6) is 0 Å². The standard InChI is InChI=1S/C8H11Cl3/c9-7-1-5(2-7)6-3-8(10,11)4-6/h5-7H,1-4H2. The molecule has 0 nitrogen and oxygen atoms in total. The van der Waals surface area contributed by atoms with Gasteiger partial charge in [-0.1, -0.05) is 0 Å². The van der Waals surface area contributed by atoms with Gasteiger partial charge in [-0.2, -0.15) is 0 Å². The van der Waals surface area contributed by atoms with Crippen LogP contribution in [-0.4, -0.2) is 9.71 Å². The van der Waals surface area contributed by atoms with E-state index in [4.69, 9.17) is 34.8 Å². The highest BCUT2D eigenvalue weighted by atomic mass is 35.5. The molecule has 2 aliphatic carbocycles. The smallest absolute Gasteiger partial charge is 0.118 e. The molecule has 0 aromatic carbocycles. The molecule has 0 atom stereocenters. The van der Waals surface area contributed by atoms with E-state index < -0.39 is 4.33 Å². The van der Waals surface area contributed by atoms with Gasteiger partial charge in [0.25, 0.3) is 0 Å². The van der Waals surface area contributed by atoms with E-state index >= 15 is 0 Å². The van der Waals surface area contributed by atoms with Crippen molar-refractivity contribution in [2.45, 2.75) is 35.4 Å². The molecule has 0 N–H and O–H groups in total. The SMILES string of the molecule is ClC1CC(C2CC(Cl)(Cl)C2)C1. The zero-order valence-electron chi connectivity index (χ0n) is 6.19. The fourth-order valence-electron chi connectivity index (χ4n) is 2.01. The summed E-state index contributed by atoms with van der Waals surface area (Å²) in [5, 5.41) is 0.431. The fourth-order valence-corrected chi connectivity index (χ4v) is 3.26. The molecule has 2 aliphatic rings. The molecule has 2 saturated carbocycles. The van der Waals surface area contributed by atoms with Crippen molar-refractivity contribution >= 4 is 34.8 Å². The minimum Gasteiger partial charge on any atom is -0.123 e. The lowest BCUT2D eigenvalue weighted by atomic mass is 9.66. The third-order valence-electron chi connectivity index (χ3n) is 2.91. The molecular weight excluding hydrogens is 202 g/mol. The van der Waals surface area contributed by atoms with Gasteiger partial charge in [0, 0.05) is 5.38 Å². The van der Waals surface area contributed by atoms with Crippen LogP contribution in [0.25, 0.3) is 0 Å². The van der Waals surface area contributed by atoms with Gasteiger partial charge in [0.05, 0.1) is 0 Å². The lowest BCUT2D eigenvalue weighted by Gasteiger charge is -2.47. The first-order valence-corrected chi connectivity index (χ1v) is 5.28. The Morgan fingerprint density at radius 3 is 1.91 bits per heavy atom. The summed E-state index contributed by atoms with van der Waals surface area (Å²) in [6.45, 7) is 0. The van der Waals surface area contributed by atoms with Crippen LogP contribution in [0.3, 0.4) is 0 Å². The lowest BCUT2D eigenvalue weighted by Crippen LogP contribution is -2.43. The van der Waals surface area contributed by atoms with Crippen LogP contribution in [0.15, 0.2) is 0 Å². The Hall–Kier alpha value is 0.870. The maximum absolute atomic E-state index is 5.89. The zero-order valence-corrected chi connectivity index (χ0v) is 8.46. The summed E-state index contributed by atoms with van der Waals surface area (Å²) in [6.07, 6.45) is 4.31. The average molecular weight is 214 g/mol. The van der Waals surface area contributed by atoms with Gasteiger partial charge in [0.15, 0.2) is 0 Å². The Morgan fingerprint density at radius 1 is 1.00 bits per heavy atom. The highest BCUT2D eigenvalue weighted by Crippen LogP contribution is 2.54. The largest absolute Gasteiger partial charge is 0.123 e. The van der Waals surface area contributed by atoms with E-state index in [1.807, 2.05) is 0 Å². The van der Waals surface area contributed by atoms with Gasteiger partial charge in [0.1, 0.15) is 4.33 Å². The summed E-state index contributed by atoms with van der Waals surface area (Å²) in [5.74, 6) is 1.59. The van der Waals surface area contributed by atoms with Crippen LogP contribution >= 0.6 is 34.8 Å². The van der Waals surface area contributed by atoms with Crippen LogP contribution in [0.2, 0.25) is 0 Å². The number of alkyl halides is 3. The van der Waals surface area contributed by atoms with E-state index in [1.165, 1.54) is 12.8 Å². The van der Waals surface area contributed by atoms with Crippen molar-refractivity contribution in [2.75, 3.05) is 0 Å². The van der Waals surface area contributed by atoms with Gasteiger partial charge in [0.2, 0.25) is 0 Å². The summed E-state index contributed by atoms with van der Waals surface area (Å²) in [6, 6.07) is 0. The summed E-state index contributed by atoms with van der Waals surface area (Å²) in [7, 11) is 0. The van der Waals surface area contributed by atoms with Crippen LogP contribution < -0.4 is 0 Å². The molecular formula is C8H11Cl3. The van der Waals surface area contributed by atoms with Crippen molar-refractivity contribution < 1.29 is 0 Å². The lowest BCUT2D eigenvalue weighted by molar-refractivity contribution is 0.124. The zero-order chi connectivity index (χ0) is 8.06. The molecule has 0 aliphatic heterocycles. The summed E-state index contributed by atoms with van der Waals surface area (Å²) < 4.78 is -0.401. The summed E-state index contributed by atoms with van der Waals surface area (Å²) in [4.78, 5) is 0. The Kier molecular flexibility index (Phi) is 2.06. The molecule has 0 radical (unpaired) electrons. The second kappa shape index (κ2) is 2.68. The first kappa shape index (κ1) is 8.47. The molecule has 11 heavy (non-hydrogen) atoms. The molecule has 0 aromatic heterocycles. The highest BCUT2D eigenvalue weighted by molar-refractivity contribution is 6.49. The molecule has 0 spiro atoms. The molecule has 2 rings (SSSR count). The molecule has 0 aromatic rings. The quantitative estimate of drug-likeness (QED) is 0.584. The molecule has 0 saturated heterocycles. The predicted molar refractivity (Wildman–Crippen MR) is 49.5 cm³/mol. The van der Waals surface area contributed by atoms with Crippen LogP contribution in [0.1, 0.15) is 25.7 Å². The topological polar surface area (TPSA) is 0 Å². The van der Waals surface area contributed by atoms with Gasteiger partial charge in [-0.05, 0) is 37.5 Å². The van der Waals surface area contributed by atoms with E-state index in [1.54, 1.807) is 0 Å². The maximum atomic E-state index is 5.89. The van der Waals surface area contributed by atoms with Crippen LogP contribution in [0.4, 0.5) is 0 Å².